The number of aryl methyl sites for hydroxylation is 2. The van der Waals surface area contributed by atoms with E-state index in [2.05, 4.69) is 52.9 Å². The second-order valence-electron chi connectivity index (χ2n) is 4.08. The molecule has 1 N–H and O–H groups in total. The zero-order valence-corrected chi connectivity index (χ0v) is 11.7. The van der Waals surface area contributed by atoms with E-state index in [0.29, 0.717) is 0 Å². The Morgan fingerprint density at radius 3 is 2.89 bits per heavy atom. The number of hydrogen-bond acceptors (Lipinski definition) is 5. The Morgan fingerprint density at radius 2 is 2.22 bits per heavy atom. The van der Waals surface area contributed by atoms with Crippen molar-refractivity contribution in [3.8, 4) is 0 Å². The first-order valence-electron chi connectivity index (χ1n) is 5.91. The lowest BCUT2D eigenvalue weighted by molar-refractivity contribution is 0.664. The lowest BCUT2D eigenvalue weighted by Gasteiger charge is -2.09. The van der Waals surface area contributed by atoms with Gasteiger partial charge in [-0.05, 0) is 47.3 Å². The van der Waals surface area contributed by atoms with Gasteiger partial charge in [0.2, 0.25) is 5.16 Å². The van der Waals surface area contributed by atoms with E-state index >= 15 is 0 Å². The van der Waals surface area contributed by atoms with Crippen molar-refractivity contribution in [1.82, 2.24) is 25.5 Å². The van der Waals surface area contributed by atoms with Gasteiger partial charge in [-0.1, -0.05) is 24.6 Å². The number of benzene rings is 1. The highest BCUT2D eigenvalue weighted by Crippen LogP contribution is 2.28. The predicted octanol–water partition coefficient (Wildman–Crippen LogP) is 1.78. The summed E-state index contributed by atoms with van der Waals surface area (Å²) in [6, 6.07) is 6.44. The number of nitrogens with zero attached hydrogens (tertiary/aromatic N) is 4. The number of nitrogens with one attached hydrogen (secondary N) is 1. The van der Waals surface area contributed by atoms with E-state index < -0.39 is 0 Å². The van der Waals surface area contributed by atoms with E-state index in [1.807, 2.05) is 7.05 Å². The van der Waals surface area contributed by atoms with Crippen LogP contribution in [0.2, 0.25) is 0 Å². The maximum Gasteiger partial charge on any atom is 0.213 e. The maximum absolute atomic E-state index is 4.00. The normalized spacial score (nSPS) is 10.8. The summed E-state index contributed by atoms with van der Waals surface area (Å²) >= 11 is 1.59. The monoisotopic (exact) mass is 263 g/mol. The minimum atomic E-state index is 0.802. The first-order chi connectivity index (χ1) is 8.70. The molecule has 2 aromatic rings. The Balaban J connectivity index is 2.23. The van der Waals surface area contributed by atoms with Crippen molar-refractivity contribution in [2.24, 2.45) is 7.05 Å². The lowest BCUT2D eigenvalue weighted by Crippen LogP contribution is -2.12. The third kappa shape index (κ3) is 3.08. The van der Waals surface area contributed by atoms with Crippen LogP contribution in [-0.4, -0.2) is 26.8 Å². The molecular formula is C12H17N5S. The van der Waals surface area contributed by atoms with Gasteiger partial charge >= 0.3 is 0 Å². The van der Waals surface area contributed by atoms with E-state index in [9.17, 15) is 0 Å². The van der Waals surface area contributed by atoms with Crippen LogP contribution in [0.4, 0.5) is 0 Å². The Morgan fingerprint density at radius 1 is 1.39 bits per heavy atom. The van der Waals surface area contributed by atoms with Crippen molar-refractivity contribution in [3.05, 3.63) is 29.3 Å². The molecule has 0 fully saturated rings. The summed E-state index contributed by atoms with van der Waals surface area (Å²) in [5.74, 6) is 0. The van der Waals surface area contributed by atoms with Crippen LogP contribution in [0.1, 0.15) is 18.1 Å². The van der Waals surface area contributed by atoms with Crippen molar-refractivity contribution in [1.29, 1.82) is 0 Å². The van der Waals surface area contributed by atoms with Gasteiger partial charge in [0.15, 0.2) is 0 Å². The summed E-state index contributed by atoms with van der Waals surface area (Å²) in [5, 5.41) is 15.7. The van der Waals surface area contributed by atoms with E-state index in [4.69, 9.17) is 0 Å². The van der Waals surface area contributed by atoms with Crippen LogP contribution in [-0.2, 0) is 13.6 Å². The number of aromatic nitrogens is 4. The fourth-order valence-electron chi connectivity index (χ4n) is 1.61. The highest BCUT2D eigenvalue weighted by molar-refractivity contribution is 7.99. The van der Waals surface area contributed by atoms with Gasteiger partial charge in [0.05, 0.1) is 0 Å². The average Bonchev–Trinajstić information content (AvgIpc) is 2.75. The van der Waals surface area contributed by atoms with Crippen LogP contribution >= 0.6 is 11.8 Å². The Labute approximate surface area is 111 Å². The highest BCUT2D eigenvalue weighted by Gasteiger charge is 2.09. The third-order valence-corrected chi connectivity index (χ3v) is 3.71. The van der Waals surface area contributed by atoms with Gasteiger partial charge < -0.3 is 5.32 Å². The number of tetrazole rings is 1. The summed E-state index contributed by atoms with van der Waals surface area (Å²) in [7, 11) is 1.85. The average molecular weight is 263 g/mol. The van der Waals surface area contributed by atoms with Gasteiger partial charge in [-0.3, -0.25) is 0 Å². The molecule has 0 spiro atoms. The fourth-order valence-corrected chi connectivity index (χ4v) is 2.45. The molecule has 0 unspecified atom stereocenters. The van der Waals surface area contributed by atoms with Gasteiger partial charge in [0.1, 0.15) is 0 Å². The second kappa shape index (κ2) is 5.97. The zero-order valence-electron chi connectivity index (χ0n) is 10.8. The first-order valence-corrected chi connectivity index (χ1v) is 6.72. The van der Waals surface area contributed by atoms with Crippen molar-refractivity contribution in [2.45, 2.75) is 30.4 Å². The molecular weight excluding hydrogens is 246 g/mol. The summed E-state index contributed by atoms with van der Waals surface area (Å²) in [6.07, 6.45) is 0. The van der Waals surface area contributed by atoms with Crippen LogP contribution in [0.3, 0.4) is 0 Å². The SMILES string of the molecule is CCNCc1cc(C)ccc1Sc1nnnn1C. The standard InChI is InChI=1S/C12H17N5S/c1-4-13-8-10-7-9(2)5-6-11(10)18-12-14-15-16-17(12)3/h5-7,13H,4,8H2,1-3H3. The van der Waals surface area contributed by atoms with E-state index in [0.717, 1.165) is 18.2 Å². The van der Waals surface area contributed by atoms with Gasteiger partial charge in [-0.25, -0.2) is 4.68 Å². The summed E-state index contributed by atoms with van der Waals surface area (Å²) in [6.45, 7) is 6.04. The topological polar surface area (TPSA) is 55.6 Å². The van der Waals surface area contributed by atoms with E-state index in [1.54, 1.807) is 16.4 Å². The van der Waals surface area contributed by atoms with E-state index in [-0.39, 0.29) is 0 Å². The quantitative estimate of drug-likeness (QED) is 0.891. The molecule has 5 nitrogen and oxygen atoms in total. The molecule has 1 aromatic heterocycles. The summed E-state index contributed by atoms with van der Waals surface area (Å²) in [4.78, 5) is 1.19. The largest absolute Gasteiger partial charge is 0.313 e. The van der Waals surface area contributed by atoms with Crippen LogP contribution in [0.5, 0.6) is 0 Å². The minimum Gasteiger partial charge on any atom is -0.313 e. The van der Waals surface area contributed by atoms with Crippen LogP contribution in [0, 0.1) is 6.92 Å². The van der Waals surface area contributed by atoms with Gasteiger partial charge in [0, 0.05) is 18.5 Å². The molecule has 0 aliphatic rings. The van der Waals surface area contributed by atoms with Gasteiger partial charge in [-0.2, -0.15) is 0 Å². The molecule has 2 rings (SSSR count). The highest BCUT2D eigenvalue weighted by atomic mass is 32.2. The molecule has 0 saturated carbocycles. The molecule has 18 heavy (non-hydrogen) atoms. The van der Waals surface area contributed by atoms with Crippen LogP contribution in [0.25, 0.3) is 0 Å². The molecule has 6 heteroatoms. The molecule has 0 radical (unpaired) electrons. The van der Waals surface area contributed by atoms with Crippen LogP contribution in [0.15, 0.2) is 28.3 Å². The van der Waals surface area contributed by atoms with Crippen molar-refractivity contribution < 1.29 is 0 Å². The molecule has 0 aliphatic carbocycles. The maximum atomic E-state index is 4.00. The predicted molar refractivity (Wildman–Crippen MR) is 71.5 cm³/mol. The fraction of sp³-hybridized carbons (Fsp3) is 0.417. The van der Waals surface area contributed by atoms with Gasteiger partial charge in [-0.15, -0.1) is 5.10 Å². The zero-order chi connectivity index (χ0) is 13.0. The summed E-state index contributed by atoms with van der Waals surface area (Å²) in [5.41, 5.74) is 2.55. The van der Waals surface area contributed by atoms with Crippen molar-refractivity contribution >= 4 is 11.8 Å². The number of rotatable bonds is 5. The molecule has 96 valence electrons. The number of hydrogen-bond donors (Lipinski definition) is 1. The second-order valence-corrected chi connectivity index (χ2v) is 5.09. The van der Waals surface area contributed by atoms with E-state index in [1.165, 1.54) is 16.0 Å². The lowest BCUT2D eigenvalue weighted by atomic mass is 10.1. The first kappa shape index (κ1) is 13.0. The third-order valence-electron chi connectivity index (χ3n) is 2.56. The molecule has 0 amide bonds. The molecule has 0 saturated heterocycles. The molecule has 1 heterocycles. The Kier molecular flexibility index (Phi) is 4.33. The Hall–Kier alpha value is -1.40. The molecule has 0 atom stereocenters. The Bertz CT molecular complexity index is 523. The molecule has 1 aromatic carbocycles. The smallest absolute Gasteiger partial charge is 0.213 e. The van der Waals surface area contributed by atoms with Crippen molar-refractivity contribution in [3.63, 3.8) is 0 Å². The van der Waals surface area contributed by atoms with Crippen LogP contribution < -0.4 is 5.32 Å². The minimum absolute atomic E-state index is 0.802. The molecule has 0 bridgehead atoms. The molecule has 0 aliphatic heterocycles. The van der Waals surface area contributed by atoms with Crippen molar-refractivity contribution in [2.75, 3.05) is 6.54 Å². The summed E-state index contributed by atoms with van der Waals surface area (Å²) < 4.78 is 1.68. The van der Waals surface area contributed by atoms with Gasteiger partial charge in [0.25, 0.3) is 0 Å².